The van der Waals surface area contributed by atoms with Crippen molar-refractivity contribution >= 4 is 21.8 Å². The van der Waals surface area contributed by atoms with E-state index in [0.717, 1.165) is 10.0 Å². The van der Waals surface area contributed by atoms with Gasteiger partial charge < -0.3 is 4.90 Å². The Morgan fingerprint density at radius 3 is 2.81 bits per heavy atom. The van der Waals surface area contributed by atoms with E-state index in [1.165, 1.54) is 4.90 Å². The highest BCUT2D eigenvalue weighted by atomic mass is 79.9. The highest BCUT2D eigenvalue weighted by Gasteiger charge is 2.16. The Morgan fingerprint density at radius 2 is 2.25 bits per heavy atom. The lowest BCUT2D eigenvalue weighted by Gasteiger charge is -2.18. The van der Waals surface area contributed by atoms with Gasteiger partial charge in [-0.15, -0.1) is 0 Å². The van der Waals surface area contributed by atoms with Crippen molar-refractivity contribution in [2.24, 2.45) is 0 Å². The number of amides is 1. The van der Waals surface area contributed by atoms with E-state index >= 15 is 0 Å². The Balaban J connectivity index is 3.03. The molecule has 16 heavy (non-hydrogen) atoms. The van der Waals surface area contributed by atoms with Gasteiger partial charge in [0.15, 0.2) is 0 Å². The summed E-state index contributed by atoms with van der Waals surface area (Å²) in [6.07, 6.45) is 0. The molecule has 1 aromatic rings. The molecule has 0 fully saturated rings. The van der Waals surface area contributed by atoms with Crippen LogP contribution in [0.1, 0.15) is 22.8 Å². The van der Waals surface area contributed by atoms with Crippen molar-refractivity contribution in [2.45, 2.75) is 13.8 Å². The number of rotatable bonds is 3. The van der Waals surface area contributed by atoms with Crippen LogP contribution in [-0.2, 0) is 0 Å². The Labute approximate surface area is 104 Å². The molecule has 0 radical (unpaired) electrons. The first kappa shape index (κ1) is 12.7. The van der Waals surface area contributed by atoms with Crippen LogP contribution in [0.4, 0.5) is 0 Å². The molecule has 0 aliphatic carbocycles. The van der Waals surface area contributed by atoms with Crippen LogP contribution in [0.2, 0.25) is 0 Å². The van der Waals surface area contributed by atoms with Gasteiger partial charge >= 0.3 is 0 Å². The molecule has 0 heterocycles. The molecule has 0 N–H and O–H groups in total. The molecular formula is C12H13BrN2O. The van der Waals surface area contributed by atoms with E-state index in [-0.39, 0.29) is 12.5 Å². The van der Waals surface area contributed by atoms with Crippen LogP contribution < -0.4 is 0 Å². The molecule has 3 nitrogen and oxygen atoms in total. The first-order valence-electron chi connectivity index (χ1n) is 5.02. The zero-order chi connectivity index (χ0) is 12.1. The third-order valence-corrected chi connectivity index (χ3v) is 2.97. The average Bonchev–Trinajstić information content (AvgIpc) is 2.28. The second-order valence-electron chi connectivity index (χ2n) is 3.46. The number of nitriles is 1. The molecule has 0 saturated carbocycles. The first-order valence-corrected chi connectivity index (χ1v) is 5.81. The van der Waals surface area contributed by atoms with Crippen molar-refractivity contribution in [3.05, 3.63) is 33.8 Å². The van der Waals surface area contributed by atoms with E-state index in [4.69, 9.17) is 5.26 Å². The lowest BCUT2D eigenvalue weighted by Crippen LogP contribution is -2.31. The van der Waals surface area contributed by atoms with Gasteiger partial charge in [0.1, 0.15) is 6.54 Å². The van der Waals surface area contributed by atoms with E-state index in [1.54, 1.807) is 0 Å². The highest BCUT2D eigenvalue weighted by Crippen LogP contribution is 2.19. The van der Waals surface area contributed by atoms with Gasteiger partial charge in [0.05, 0.1) is 11.6 Å². The molecule has 0 spiro atoms. The first-order chi connectivity index (χ1) is 7.60. The summed E-state index contributed by atoms with van der Waals surface area (Å²) in [6.45, 7) is 4.45. The molecule has 0 saturated heterocycles. The second kappa shape index (κ2) is 5.66. The minimum Gasteiger partial charge on any atom is -0.326 e. The van der Waals surface area contributed by atoms with E-state index in [2.05, 4.69) is 15.9 Å². The maximum absolute atomic E-state index is 12.1. The fourth-order valence-electron chi connectivity index (χ4n) is 1.39. The minimum absolute atomic E-state index is 0.111. The molecule has 0 aromatic heterocycles. The van der Waals surface area contributed by atoms with Crippen LogP contribution in [0.3, 0.4) is 0 Å². The Kier molecular flexibility index (Phi) is 4.51. The van der Waals surface area contributed by atoms with Crippen LogP contribution in [0.25, 0.3) is 0 Å². The smallest absolute Gasteiger partial charge is 0.255 e. The zero-order valence-electron chi connectivity index (χ0n) is 9.33. The molecule has 1 aromatic carbocycles. The predicted molar refractivity (Wildman–Crippen MR) is 66.1 cm³/mol. The van der Waals surface area contributed by atoms with Crippen molar-refractivity contribution < 1.29 is 4.79 Å². The summed E-state index contributed by atoms with van der Waals surface area (Å²) < 4.78 is 0.763. The van der Waals surface area contributed by atoms with E-state index in [0.29, 0.717) is 12.1 Å². The van der Waals surface area contributed by atoms with E-state index < -0.39 is 0 Å². The maximum Gasteiger partial charge on any atom is 0.255 e. The van der Waals surface area contributed by atoms with Gasteiger partial charge in [-0.25, -0.2) is 0 Å². The van der Waals surface area contributed by atoms with Crippen molar-refractivity contribution in [3.63, 3.8) is 0 Å². The van der Waals surface area contributed by atoms with Crippen molar-refractivity contribution in [2.75, 3.05) is 13.1 Å². The zero-order valence-corrected chi connectivity index (χ0v) is 10.9. The second-order valence-corrected chi connectivity index (χ2v) is 4.32. The summed E-state index contributed by atoms with van der Waals surface area (Å²) in [5, 5.41) is 8.63. The fraction of sp³-hybridized carbons (Fsp3) is 0.333. The predicted octanol–water partition coefficient (Wildman–Crippen LogP) is 2.74. The molecule has 0 atom stereocenters. The third-order valence-electron chi connectivity index (χ3n) is 2.28. The molecule has 0 aliphatic heterocycles. The number of nitrogens with zero attached hydrogens (tertiary/aromatic N) is 2. The molecule has 1 amide bonds. The summed E-state index contributed by atoms with van der Waals surface area (Å²) >= 11 is 3.35. The number of carbonyl (C=O) groups is 1. The molecular weight excluding hydrogens is 268 g/mol. The number of hydrogen-bond acceptors (Lipinski definition) is 2. The third kappa shape index (κ3) is 2.83. The van der Waals surface area contributed by atoms with Gasteiger partial charge in [0, 0.05) is 11.0 Å². The molecule has 0 bridgehead atoms. The lowest BCUT2D eigenvalue weighted by atomic mass is 10.1. The Hall–Kier alpha value is -1.34. The quantitative estimate of drug-likeness (QED) is 0.799. The number of aryl methyl sites for hydroxylation is 1. The van der Waals surface area contributed by atoms with E-state index in [1.807, 2.05) is 38.1 Å². The van der Waals surface area contributed by atoms with Crippen molar-refractivity contribution in [1.29, 1.82) is 5.26 Å². The van der Waals surface area contributed by atoms with Gasteiger partial charge in [-0.1, -0.05) is 11.6 Å². The van der Waals surface area contributed by atoms with Crippen LogP contribution >= 0.6 is 15.9 Å². The average molecular weight is 281 g/mol. The Bertz CT molecular complexity index is 437. The van der Waals surface area contributed by atoms with Crippen LogP contribution in [0.5, 0.6) is 0 Å². The fourth-order valence-corrected chi connectivity index (χ4v) is 1.80. The SMILES string of the molecule is CCN(CC#N)C(=O)c1cc(C)ccc1Br. The normalized spacial score (nSPS) is 9.62. The van der Waals surface area contributed by atoms with Gasteiger partial charge in [-0.05, 0) is 41.9 Å². The van der Waals surface area contributed by atoms with Crippen LogP contribution in [0, 0.1) is 18.3 Å². The Morgan fingerprint density at radius 1 is 1.56 bits per heavy atom. The summed E-state index contributed by atoms with van der Waals surface area (Å²) in [5.74, 6) is -0.111. The van der Waals surface area contributed by atoms with Crippen molar-refractivity contribution in [3.8, 4) is 6.07 Å². The summed E-state index contributed by atoms with van der Waals surface area (Å²) in [4.78, 5) is 13.6. The summed E-state index contributed by atoms with van der Waals surface area (Å²) in [7, 11) is 0. The number of carbonyl (C=O) groups excluding carboxylic acids is 1. The van der Waals surface area contributed by atoms with Gasteiger partial charge in [-0.3, -0.25) is 4.79 Å². The molecule has 1 rings (SSSR count). The van der Waals surface area contributed by atoms with Crippen LogP contribution in [-0.4, -0.2) is 23.9 Å². The minimum atomic E-state index is -0.111. The number of halogens is 1. The number of benzene rings is 1. The molecule has 84 valence electrons. The maximum atomic E-state index is 12.1. The number of hydrogen-bond donors (Lipinski definition) is 0. The highest BCUT2D eigenvalue weighted by molar-refractivity contribution is 9.10. The van der Waals surface area contributed by atoms with Crippen LogP contribution in [0.15, 0.2) is 22.7 Å². The summed E-state index contributed by atoms with van der Waals surface area (Å²) in [6, 6.07) is 7.60. The lowest BCUT2D eigenvalue weighted by molar-refractivity contribution is 0.0783. The van der Waals surface area contributed by atoms with Gasteiger partial charge in [0.25, 0.3) is 5.91 Å². The van der Waals surface area contributed by atoms with Gasteiger partial charge in [0.2, 0.25) is 0 Å². The van der Waals surface area contributed by atoms with E-state index in [9.17, 15) is 4.79 Å². The van der Waals surface area contributed by atoms with Crippen molar-refractivity contribution in [1.82, 2.24) is 4.90 Å². The largest absolute Gasteiger partial charge is 0.326 e. The summed E-state index contributed by atoms with van der Waals surface area (Å²) in [5.41, 5.74) is 1.64. The molecule has 0 unspecified atom stereocenters. The topological polar surface area (TPSA) is 44.1 Å². The monoisotopic (exact) mass is 280 g/mol. The van der Waals surface area contributed by atoms with Gasteiger partial charge in [-0.2, -0.15) is 5.26 Å². The molecule has 0 aliphatic rings. The molecule has 4 heteroatoms. The standard InChI is InChI=1S/C12H13BrN2O/c1-3-15(7-6-14)12(16)10-8-9(2)4-5-11(10)13/h4-5,8H,3,7H2,1-2H3.